The Morgan fingerprint density at radius 3 is 2.61 bits per heavy atom. The zero-order chi connectivity index (χ0) is 22.3. The predicted molar refractivity (Wildman–Crippen MR) is 124 cm³/mol. The van der Waals surface area contributed by atoms with Crippen LogP contribution in [0.5, 0.6) is 0 Å². The number of carbonyl (C=O) groups is 1. The number of amides is 1. The van der Waals surface area contributed by atoms with Gasteiger partial charge in [0.1, 0.15) is 6.04 Å². The molecule has 0 spiro atoms. The first kappa shape index (κ1) is 21.9. The van der Waals surface area contributed by atoms with Crippen molar-refractivity contribution < 1.29 is 15.0 Å². The molecule has 4 N–H and O–H groups in total. The number of carbonyl (C=O) groups excluding carboxylic acids is 1. The third kappa shape index (κ3) is 4.24. The van der Waals surface area contributed by atoms with Gasteiger partial charge in [-0.3, -0.25) is 9.79 Å². The van der Waals surface area contributed by atoms with Crippen LogP contribution in [0.1, 0.15) is 62.9 Å². The maximum absolute atomic E-state index is 12.1. The molecule has 2 heterocycles. The molecule has 0 saturated heterocycles. The molecule has 7 nitrogen and oxygen atoms in total. The van der Waals surface area contributed by atoms with E-state index >= 15 is 0 Å². The highest BCUT2D eigenvalue weighted by atomic mass is 32.1. The fourth-order valence-corrected chi connectivity index (χ4v) is 5.71. The molecule has 4 rings (SSSR count). The summed E-state index contributed by atoms with van der Waals surface area (Å²) in [7, 11) is 0. The Balaban J connectivity index is 1.79. The highest BCUT2D eigenvalue weighted by Crippen LogP contribution is 2.42. The average Bonchev–Trinajstić information content (AvgIpc) is 3.15. The lowest BCUT2D eigenvalue weighted by molar-refractivity contribution is -0.117. The summed E-state index contributed by atoms with van der Waals surface area (Å²) in [5.74, 6) is 0.306. The summed E-state index contributed by atoms with van der Waals surface area (Å²) in [5, 5.41) is 21.5. The van der Waals surface area contributed by atoms with Crippen molar-refractivity contribution in [3.63, 3.8) is 0 Å². The van der Waals surface area contributed by atoms with Crippen molar-refractivity contribution in [1.82, 2.24) is 4.98 Å². The molecule has 1 atom stereocenters. The third-order valence-corrected chi connectivity index (χ3v) is 7.51. The van der Waals surface area contributed by atoms with Crippen LogP contribution in [0.15, 0.2) is 29.0 Å². The number of aromatic nitrogens is 1. The van der Waals surface area contributed by atoms with E-state index < -0.39 is 17.6 Å². The number of nitrogens with zero attached hydrogens (tertiary/aromatic N) is 3. The first-order valence-electron chi connectivity index (χ1n) is 10.8. The van der Waals surface area contributed by atoms with Gasteiger partial charge in [0.05, 0.1) is 20.8 Å². The molecule has 1 aromatic heterocycles. The van der Waals surface area contributed by atoms with Crippen LogP contribution in [0.2, 0.25) is 0 Å². The number of primary amides is 1. The van der Waals surface area contributed by atoms with Crippen LogP contribution >= 0.6 is 11.3 Å². The maximum atomic E-state index is 12.1. The van der Waals surface area contributed by atoms with Gasteiger partial charge in [0.25, 0.3) is 0 Å². The summed E-state index contributed by atoms with van der Waals surface area (Å²) in [6.07, 6.45) is 7.33. The van der Waals surface area contributed by atoms with Crippen molar-refractivity contribution >= 4 is 39.4 Å². The molecule has 0 bridgehead atoms. The highest BCUT2D eigenvalue weighted by Gasteiger charge is 2.33. The van der Waals surface area contributed by atoms with Crippen LogP contribution < -0.4 is 10.6 Å². The first-order chi connectivity index (χ1) is 14.7. The number of aliphatic hydroxyl groups excluding tert-OH is 1. The van der Waals surface area contributed by atoms with Crippen LogP contribution in [-0.4, -0.2) is 40.0 Å². The maximum Gasteiger partial charge on any atom is 0.246 e. The quantitative estimate of drug-likeness (QED) is 0.657. The molecule has 1 fully saturated rings. The van der Waals surface area contributed by atoms with E-state index in [2.05, 4.69) is 4.99 Å². The van der Waals surface area contributed by atoms with Gasteiger partial charge in [-0.2, -0.15) is 0 Å². The second-order valence-corrected chi connectivity index (χ2v) is 10.2. The molecule has 1 aromatic carbocycles. The minimum absolute atomic E-state index is 0.262. The Bertz CT molecular complexity index is 1050. The van der Waals surface area contributed by atoms with Crippen LogP contribution in [0.3, 0.4) is 0 Å². The second-order valence-electron chi connectivity index (χ2n) is 9.13. The zero-order valence-corrected chi connectivity index (χ0v) is 19.0. The smallest absolute Gasteiger partial charge is 0.246 e. The summed E-state index contributed by atoms with van der Waals surface area (Å²) in [6.45, 7) is 5.61. The third-order valence-electron chi connectivity index (χ3n) is 6.33. The molecule has 0 radical (unpaired) electrons. The van der Waals surface area contributed by atoms with Crippen LogP contribution in [0, 0.1) is 5.92 Å². The van der Waals surface area contributed by atoms with E-state index in [1.807, 2.05) is 24.0 Å². The van der Waals surface area contributed by atoms with E-state index in [4.69, 9.17) is 10.7 Å². The summed E-state index contributed by atoms with van der Waals surface area (Å²) in [4.78, 5) is 23.0. The summed E-state index contributed by atoms with van der Waals surface area (Å²) >= 11 is 1.67. The molecule has 2 aromatic rings. The minimum Gasteiger partial charge on any atom is -0.396 e. The number of rotatable bonds is 5. The van der Waals surface area contributed by atoms with Gasteiger partial charge in [-0.1, -0.05) is 0 Å². The Morgan fingerprint density at radius 1 is 1.29 bits per heavy atom. The molecule has 1 aliphatic heterocycles. The number of benzene rings is 1. The van der Waals surface area contributed by atoms with Gasteiger partial charge in [0.15, 0.2) is 0 Å². The normalized spacial score (nSPS) is 24.5. The molecule has 1 aliphatic carbocycles. The van der Waals surface area contributed by atoms with Gasteiger partial charge in [-0.05, 0) is 64.5 Å². The van der Waals surface area contributed by atoms with Crippen LogP contribution in [-0.2, 0) is 10.4 Å². The summed E-state index contributed by atoms with van der Waals surface area (Å²) < 4.78 is 1.01. The lowest BCUT2D eigenvalue weighted by Crippen LogP contribution is -2.47. The summed E-state index contributed by atoms with van der Waals surface area (Å²) in [6, 6.07) is 3.22. The number of aliphatic imine (C=N–C) groups is 1. The fourth-order valence-electron chi connectivity index (χ4n) is 4.56. The molecule has 2 aliphatic rings. The van der Waals surface area contributed by atoms with E-state index in [9.17, 15) is 15.0 Å². The number of hydrogen-bond donors (Lipinski definition) is 3. The number of anilines is 1. The lowest BCUT2D eigenvalue weighted by atomic mass is 9.83. The second kappa shape index (κ2) is 8.33. The van der Waals surface area contributed by atoms with E-state index in [0.29, 0.717) is 17.4 Å². The Kier molecular flexibility index (Phi) is 5.89. The van der Waals surface area contributed by atoms with Crippen LogP contribution in [0.25, 0.3) is 10.2 Å². The average molecular weight is 443 g/mol. The highest BCUT2D eigenvalue weighted by molar-refractivity contribution is 7.18. The number of hydrogen-bond acceptors (Lipinski definition) is 7. The van der Waals surface area contributed by atoms with Crippen LogP contribution in [0.4, 0.5) is 5.69 Å². The van der Waals surface area contributed by atoms with Gasteiger partial charge < -0.3 is 20.8 Å². The number of thiazole rings is 1. The predicted octanol–water partition coefficient (Wildman–Crippen LogP) is 3.40. The molecule has 1 unspecified atom stereocenters. The van der Waals surface area contributed by atoms with Crippen molar-refractivity contribution in [1.29, 1.82) is 0 Å². The molecule has 166 valence electrons. The fraction of sp³-hybridized carbons (Fsp3) is 0.522. The zero-order valence-electron chi connectivity index (χ0n) is 18.2. The Hall–Kier alpha value is -2.29. The van der Waals surface area contributed by atoms with Gasteiger partial charge in [-0.15, -0.1) is 11.3 Å². The lowest BCUT2D eigenvalue weighted by Gasteiger charge is -2.35. The molecule has 8 heteroatoms. The van der Waals surface area contributed by atoms with Crippen molar-refractivity contribution in [3.05, 3.63) is 34.6 Å². The molecule has 1 amide bonds. The van der Waals surface area contributed by atoms with E-state index in [-0.39, 0.29) is 6.61 Å². The Morgan fingerprint density at radius 2 is 2.00 bits per heavy atom. The van der Waals surface area contributed by atoms with E-state index in [1.165, 1.54) is 6.21 Å². The van der Waals surface area contributed by atoms with Gasteiger partial charge in [0, 0.05) is 41.9 Å². The molecular formula is C23H30N4O3S. The molecular weight excluding hydrogens is 412 g/mol. The van der Waals surface area contributed by atoms with E-state index in [0.717, 1.165) is 52.3 Å². The molecule has 31 heavy (non-hydrogen) atoms. The SMILES string of the molecule is CC1=CN=CC(C(N)=O)N1c1cc2sc(C3CCC(CO)CC3)nc2cc1C(C)(C)O. The van der Waals surface area contributed by atoms with Crippen molar-refractivity contribution in [2.24, 2.45) is 16.6 Å². The number of allylic oxidation sites excluding steroid dienone is 1. The van der Waals surface area contributed by atoms with Gasteiger partial charge >= 0.3 is 0 Å². The topological polar surface area (TPSA) is 112 Å². The number of fused-ring (bicyclic) bond motifs is 1. The minimum atomic E-state index is -1.14. The largest absolute Gasteiger partial charge is 0.396 e. The number of nitrogens with two attached hydrogens (primary N) is 1. The van der Waals surface area contributed by atoms with Gasteiger partial charge in [-0.25, -0.2) is 4.98 Å². The number of aliphatic hydroxyl groups is 2. The monoisotopic (exact) mass is 442 g/mol. The van der Waals surface area contributed by atoms with Gasteiger partial charge in [0.2, 0.25) is 5.91 Å². The van der Waals surface area contributed by atoms with E-state index in [1.54, 1.807) is 31.4 Å². The van der Waals surface area contributed by atoms with Crippen molar-refractivity contribution in [2.45, 2.75) is 64.0 Å². The standard InChI is InChI=1S/C23H30N4O3S/c1-13-10-25-11-19(21(24)29)27(13)18-9-20-17(8-16(18)23(2,3)30)26-22(31-20)15-6-4-14(12-28)5-7-15/h8-11,14-15,19,28,30H,4-7,12H2,1-3H3,(H2,24,29). The Labute approximate surface area is 186 Å². The first-order valence-corrected chi connectivity index (χ1v) is 11.6. The molecule has 1 saturated carbocycles. The van der Waals surface area contributed by atoms with Crippen molar-refractivity contribution in [3.8, 4) is 0 Å². The summed E-state index contributed by atoms with van der Waals surface area (Å²) in [5.41, 5.74) is 7.59. The van der Waals surface area contributed by atoms with Crippen molar-refractivity contribution in [2.75, 3.05) is 11.5 Å².